The minimum absolute atomic E-state index is 0.0942. The van der Waals surface area contributed by atoms with E-state index >= 15 is 0 Å². The van der Waals surface area contributed by atoms with Gasteiger partial charge in [-0.15, -0.1) is 0 Å². The summed E-state index contributed by atoms with van der Waals surface area (Å²) in [7, 11) is -8.82. The van der Waals surface area contributed by atoms with Crippen molar-refractivity contribution in [2.24, 2.45) is 0 Å². The third-order valence-electron chi connectivity index (χ3n) is 12.3. The summed E-state index contributed by atoms with van der Waals surface area (Å²) in [6.07, 6.45) is -5.48. The van der Waals surface area contributed by atoms with E-state index in [0.29, 0.717) is 71.9 Å². The van der Waals surface area contributed by atoms with Gasteiger partial charge in [-0.25, -0.2) is 36.8 Å². The minimum Gasteiger partial charge on any atom is -0.361 e. The molecule has 6 aromatic rings. The molecule has 2 aliphatic heterocycles. The Morgan fingerprint density at radius 1 is 0.722 bits per heavy atom. The maximum atomic E-state index is 13.0. The molecule has 8 heterocycles. The van der Waals surface area contributed by atoms with Gasteiger partial charge < -0.3 is 24.1 Å². The van der Waals surface area contributed by atoms with Crippen LogP contribution in [0.5, 0.6) is 0 Å². The fraction of sp³-hybridized carbons (Fsp3) is 0.545. The van der Waals surface area contributed by atoms with Gasteiger partial charge in [0.15, 0.2) is 11.6 Å². The Morgan fingerprint density at radius 3 is 1.71 bits per heavy atom. The molecule has 2 aliphatic rings. The number of hydrogen-bond acceptors (Lipinski definition) is 15. The second-order valence-corrected chi connectivity index (χ2v) is 28.5. The van der Waals surface area contributed by atoms with E-state index in [1.807, 2.05) is 32.7 Å². The molecule has 0 aromatic carbocycles. The van der Waals surface area contributed by atoms with Crippen molar-refractivity contribution in [2.45, 2.75) is 123 Å². The molecule has 0 saturated heterocycles. The molecule has 0 atom stereocenters. The Hall–Kier alpha value is -5.74. The average molecular weight is 1070 g/mol. The minimum atomic E-state index is -4.38. The first-order valence-electron chi connectivity index (χ1n) is 23.3. The lowest BCUT2D eigenvalue weighted by atomic mass is 10.0. The number of carbonyl (C=O) groups excluding carboxylic acids is 2. The first kappa shape index (κ1) is 54.0. The highest BCUT2D eigenvalue weighted by Gasteiger charge is 2.36. The fourth-order valence-electron chi connectivity index (χ4n) is 8.42. The zero-order valence-electron chi connectivity index (χ0n) is 40.3. The van der Waals surface area contributed by atoms with Crippen LogP contribution in [0.2, 0.25) is 25.7 Å². The SMILES string of the molecule is CCS(=O)(=O)n1nc(C(=O)CCCC(F)(F)F)c2c1CCN(c1ncnc3[nH]ccc13)C2.CCS(=O)(=O)n1nc(C(=O)CCCC(F)(F)F)c2c1CCN(c1ncnc3c1ccn3COCC[Si](C)(C)C)C2. The maximum Gasteiger partial charge on any atom is 0.389 e. The third-order valence-corrected chi connectivity index (χ3v) is 17.1. The van der Waals surface area contributed by atoms with Gasteiger partial charge in [0.1, 0.15) is 53.7 Å². The van der Waals surface area contributed by atoms with Gasteiger partial charge in [-0.2, -0.15) is 44.7 Å². The summed E-state index contributed by atoms with van der Waals surface area (Å²) in [5.41, 5.74) is 2.71. The number of carbonyl (C=O) groups is 2. The van der Waals surface area contributed by atoms with Gasteiger partial charge in [-0.1, -0.05) is 19.6 Å². The molecule has 0 spiro atoms. The largest absolute Gasteiger partial charge is 0.389 e. The molecule has 392 valence electrons. The van der Waals surface area contributed by atoms with Crippen molar-refractivity contribution in [3.8, 4) is 0 Å². The van der Waals surface area contributed by atoms with Crippen LogP contribution in [0, 0.1) is 0 Å². The molecule has 6 aromatic heterocycles. The molecule has 19 nitrogen and oxygen atoms in total. The zero-order chi connectivity index (χ0) is 52.4. The summed E-state index contributed by atoms with van der Waals surface area (Å²) >= 11 is 0. The molecule has 0 unspecified atom stereocenters. The van der Waals surface area contributed by atoms with Crippen molar-refractivity contribution in [2.75, 3.05) is 41.0 Å². The lowest BCUT2D eigenvalue weighted by Gasteiger charge is -2.29. The van der Waals surface area contributed by atoms with Crippen molar-refractivity contribution in [1.82, 2.24) is 47.9 Å². The molecule has 0 fully saturated rings. The number of ether oxygens (including phenoxy) is 1. The van der Waals surface area contributed by atoms with Crippen molar-refractivity contribution < 1.29 is 57.5 Å². The van der Waals surface area contributed by atoms with E-state index < -0.39 is 71.3 Å². The molecule has 0 radical (unpaired) electrons. The van der Waals surface area contributed by atoms with Gasteiger partial charge in [0.25, 0.3) is 20.0 Å². The van der Waals surface area contributed by atoms with Crippen molar-refractivity contribution in [3.63, 3.8) is 0 Å². The highest BCUT2D eigenvalue weighted by atomic mass is 32.2. The maximum absolute atomic E-state index is 13.0. The van der Waals surface area contributed by atoms with E-state index in [0.717, 1.165) is 25.0 Å². The second kappa shape index (κ2) is 21.4. The van der Waals surface area contributed by atoms with Crippen molar-refractivity contribution in [1.29, 1.82) is 0 Å². The van der Waals surface area contributed by atoms with Gasteiger partial charge in [-0.05, 0) is 44.9 Å². The molecular weight excluding hydrogens is 1010 g/mol. The number of rotatable bonds is 19. The van der Waals surface area contributed by atoms with E-state index in [2.05, 4.69) is 54.8 Å². The van der Waals surface area contributed by atoms with Gasteiger partial charge >= 0.3 is 12.4 Å². The first-order valence-corrected chi connectivity index (χ1v) is 30.3. The lowest BCUT2D eigenvalue weighted by Crippen LogP contribution is -2.33. The zero-order valence-corrected chi connectivity index (χ0v) is 43.0. The number of aromatic amines is 1. The summed E-state index contributed by atoms with van der Waals surface area (Å²) in [6, 6.07) is 4.74. The van der Waals surface area contributed by atoms with E-state index in [4.69, 9.17) is 4.74 Å². The van der Waals surface area contributed by atoms with Gasteiger partial charge in [0, 0.05) is 103 Å². The number of anilines is 2. The predicted molar refractivity (Wildman–Crippen MR) is 258 cm³/mol. The highest BCUT2D eigenvalue weighted by molar-refractivity contribution is 7.90. The molecule has 0 bridgehead atoms. The second-order valence-electron chi connectivity index (χ2n) is 18.7. The van der Waals surface area contributed by atoms with Crippen LogP contribution in [0.25, 0.3) is 22.1 Å². The summed E-state index contributed by atoms with van der Waals surface area (Å²) in [6.45, 7) is 11.9. The van der Waals surface area contributed by atoms with Crippen LogP contribution < -0.4 is 9.80 Å². The summed E-state index contributed by atoms with van der Waals surface area (Å²) < 4.78 is 136. The van der Waals surface area contributed by atoms with Gasteiger partial charge in [0.2, 0.25) is 0 Å². The topological polar surface area (TPSA) is 226 Å². The monoisotopic (exact) mass is 1070 g/mol. The number of H-pyrrole nitrogens is 1. The van der Waals surface area contributed by atoms with Crippen LogP contribution >= 0.6 is 0 Å². The Morgan fingerprint density at radius 2 is 1.22 bits per heavy atom. The normalized spacial score (nSPS) is 14.7. The number of nitrogens with zero attached hydrogens (tertiary/aromatic N) is 11. The standard InChI is InChI=1S/C25H35F3N6O4SSi.C19H21F3N6O3S/c1-5-39(36,37)34-20-9-12-32(15-19(20)22(31-34)21(35)7-6-10-25(26,27)28)23-18-8-11-33(24(18)30-16-29-23)17-38-13-14-40(2,3)4;1-2-32(30,31)28-14-6-9-27(18-12-5-8-23-17(12)24-11-25-18)10-13(14)16(26-28)15(29)4-3-7-19(20,21)22/h8,11,16H,5-7,9-10,12-15,17H2,1-4H3;5,8,11H,2-4,6-7,9-10H2,1H3,(H,23,24,25). The quantitative estimate of drug-likeness (QED) is 0.0360. The number of nitrogens with one attached hydrogen (secondary N) is 1. The number of hydrogen-bond donors (Lipinski definition) is 1. The van der Waals surface area contributed by atoms with Crippen LogP contribution in [0.4, 0.5) is 38.0 Å². The van der Waals surface area contributed by atoms with Crippen LogP contribution in [-0.4, -0.2) is 128 Å². The molecule has 0 amide bonds. The Bertz CT molecular complexity index is 3160. The number of alkyl halides is 6. The summed E-state index contributed by atoms with van der Waals surface area (Å²) in [5, 5.41) is 9.72. The highest BCUT2D eigenvalue weighted by Crippen LogP contribution is 2.34. The molecule has 72 heavy (non-hydrogen) atoms. The predicted octanol–water partition coefficient (Wildman–Crippen LogP) is 7.45. The first-order chi connectivity index (χ1) is 33.8. The molecular formula is C44H56F6N12O7S2Si. The number of Topliss-reactive ketones (excluding diaryl/α,β-unsaturated/α-hetero) is 2. The van der Waals surface area contributed by atoms with E-state index in [1.54, 1.807) is 6.20 Å². The van der Waals surface area contributed by atoms with E-state index in [1.165, 1.54) is 26.5 Å². The lowest BCUT2D eigenvalue weighted by molar-refractivity contribution is -0.136. The third kappa shape index (κ3) is 12.5. The van der Waals surface area contributed by atoms with E-state index in [9.17, 15) is 52.8 Å². The molecule has 8 rings (SSSR count). The molecule has 1 N–H and O–H groups in total. The van der Waals surface area contributed by atoms with Crippen molar-refractivity contribution in [3.05, 3.63) is 71.1 Å². The molecule has 28 heteroatoms. The average Bonchev–Trinajstić information content (AvgIpc) is 4.13. The summed E-state index contributed by atoms with van der Waals surface area (Å²) in [5.74, 6) is -0.440. The van der Waals surface area contributed by atoms with Crippen LogP contribution in [0.1, 0.15) is 95.9 Å². The van der Waals surface area contributed by atoms with E-state index in [-0.39, 0.29) is 68.1 Å². The van der Waals surface area contributed by atoms with Crippen molar-refractivity contribution >= 4 is 73.4 Å². The Kier molecular flexibility index (Phi) is 16.0. The number of ketones is 2. The number of aromatic nitrogens is 10. The van der Waals surface area contributed by atoms with Crippen LogP contribution in [0.3, 0.4) is 0 Å². The van der Waals surface area contributed by atoms with Gasteiger partial charge in [0.05, 0.1) is 33.7 Å². The number of halogens is 6. The Labute approximate surface area is 412 Å². The fourth-order valence-corrected chi connectivity index (χ4v) is 11.2. The Balaban J connectivity index is 0.000000216. The van der Waals surface area contributed by atoms with Crippen LogP contribution in [-0.2, 0) is 57.4 Å². The molecule has 0 saturated carbocycles. The summed E-state index contributed by atoms with van der Waals surface area (Å²) in [4.78, 5) is 49.9. The molecule has 0 aliphatic carbocycles. The number of fused-ring (bicyclic) bond motifs is 4. The van der Waals surface area contributed by atoms with Gasteiger partial charge in [-0.3, -0.25) is 9.59 Å². The van der Waals surface area contributed by atoms with Crippen LogP contribution in [0.15, 0.2) is 37.2 Å². The smallest absolute Gasteiger partial charge is 0.361 e.